The molecule has 0 unspecified atom stereocenters. The number of alkyl halides is 3. The second-order valence-corrected chi connectivity index (χ2v) is 11.9. The van der Waals surface area contributed by atoms with Crippen LogP contribution in [0.25, 0.3) is 0 Å². The highest BCUT2D eigenvalue weighted by atomic mass is 35.5. The van der Waals surface area contributed by atoms with Gasteiger partial charge in [-0.05, 0) is 43.2 Å². The van der Waals surface area contributed by atoms with Gasteiger partial charge in [0, 0.05) is 19.5 Å². The lowest BCUT2D eigenvalue weighted by Crippen LogP contribution is -2.53. The fourth-order valence-corrected chi connectivity index (χ4v) is 5.42. The van der Waals surface area contributed by atoms with E-state index in [1.165, 1.54) is 4.90 Å². The number of amides is 2. The SMILES string of the molecule is CCNC(=O)[C@@H](Cc1ccccc1)N(Cc1cccc(C)c1)C(=O)CN(c1ccc(Cl)c(C(F)(F)F)c1)S(C)(=O)=O. The summed E-state index contributed by atoms with van der Waals surface area (Å²) in [5.74, 6) is -1.22. The van der Waals surface area contributed by atoms with Gasteiger partial charge in [0.25, 0.3) is 0 Å². The number of likely N-dealkylation sites (N-methyl/N-ethyl adjacent to an activating group) is 1. The van der Waals surface area contributed by atoms with Gasteiger partial charge in [-0.25, -0.2) is 8.42 Å². The van der Waals surface area contributed by atoms with E-state index in [2.05, 4.69) is 5.32 Å². The maximum atomic E-state index is 13.9. The van der Waals surface area contributed by atoms with Crippen LogP contribution in [0, 0.1) is 6.92 Å². The molecule has 0 saturated carbocycles. The molecular formula is C29H31ClF3N3O4S. The number of nitrogens with zero attached hydrogens (tertiary/aromatic N) is 2. The molecule has 3 aromatic carbocycles. The standard InChI is InChI=1S/C29H31ClF3N3O4S/c1-4-34-28(38)26(16-21-10-6-5-7-11-21)35(18-22-12-8-9-20(2)15-22)27(37)19-36(41(3,39)40)23-13-14-25(30)24(17-23)29(31,32)33/h5-15,17,26H,4,16,18-19H2,1-3H3,(H,34,38)/t26-/m1/s1. The highest BCUT2D eigenvalue weighted by Crippen LogP contribution is 2.37. The zero-order valence-corrected chi connectivity index (χ0v) is 24.4. The molecule has 0 aromatic heterocycles. The van der Waals surface area contributed by atoms with E-state index in [1.807, 2.05) is 25.1 Å². The van der Waals surface area contributed by atoms with E-state index in [0.717, 1.165) is 29.5 Å². The van der Waals surface area contributed by atoms with Crippen molar-refractivity contribution in [2.24, 2.45) is 0 Å². The Balaban J connectivity index is 2.09. The first-order valence-electron chi connectivity index (χ1n) is 12.7. The van der Waals surface area contributed by atoms with E-state index >= 15 is 0 Å². The predicted molar refractivity (Wildman–Crippen MR) is 153 cm³/mol. The van der Waals surface area contributed by atoms with Crippen LogP contribution in [0.3, 0.4) is 0 Å². The molecule has 0 spiro atoms. The molecule has 1 N–H and O–H groups in total. The molecule has 0 aliphatic heterocycles. The molecule has 0 heterocycles. The molecule has 0 radical (unpaired) electrons. The van der Waals surface area contributed by atoms with Gasteiger partial charge in [-0.2, -0.15) is 13.2 Å². The molecule has 3 rings (SSSR count). The van der Waals surface area contributed by atoms with Crippen LogP contribution in [-0.2, 0) is 38.8 Å². The molecule has 12 heteroatoms. The monoisotopic (exact) mass is 609 g/mol. The Morgan fingerprint density at radius 2 is 1.63 bits per heavy atom. The topological polar surface area (TPSA) is 86.8 Å². The maximum Gasteiger partial charge on any atom is 0.417 e. The first-order valence-corrected chi connectivity index (χ1v) is 14.9. The first-order chi connectivity index (χ1) is 19.2. The summed E-state index contributed by atoms with van der Waals surface area (Å²) in [5.41, 5.74) is 0.742. The van der Waals surface area contributed by atoms with Crippen molar-refractivity contribution in [2.45, 2.75) is 39.0 Å². The van der Waals surface area contributed by atoms with Crippen LogP contribution in [0.4, 0.5) is 18.9 Å². The Morgan fingerprint density at radius 3 is 2.22 bits per heavy atom. The first kappa shape index (κ1) is 32.0. The molecule has 41 heavy (non-hydrogen) atoms. The number of carbonyl (C=O) groups excluding carboxylic acids is 2. The number of rotatable bonds is 11. The summed E-state index contributed by atoms with van der Waals surface area (Å²) in [5, 5.41) is 2.13. The average Bonchev–Trinajstić information content (AvgIpc) is 2.89. The van der Waals surface area contributed by atoms with Crippen LogP contribution in [0.1, 0.15) is 29.2 Å². The number of sulfonamides is 1. The van der Waals surface area contributed by atoms with Gasteiger partial charge in [0.05, 0.1) is 22.5 Å². The number of nitrogens with one attached hydrogen (secondary N) is 1. The van der Waals surface area contributed by atoms with E-state index in [-0.39, 0.29) is 25.2 Å². The second kappa shape index (κ2) is 13.4. The molecule has 220 valence electrons. The van der Waals surface area contributed by atoms with Crippen LogP contribution in [0.15, 0.2) is 72.8 Å². The van der Waals surface area contributed by atoms with Gasteiger partial charge in [-0.3, -0.25) is 13.9 Å². The number of halogens is 4. The second-order valence-electron chi connectivity index (χ2n) is 9.54. The van der Waals surface area contributed by atoms with Crippen LogP contribution >= 0.6 is 11.6 Å². The summed E-state index contributed by atoms with van der Waals surface area (Å²) in [6, 6.07) is 17.8. The van der Waals surface area contributed by atoms with Crippen LogP contribution < -0.4 is 9.62 Å². The Kier molecular flexibility index (Phi) is 10.4. The fraction of sp³-hybridized carbons (Fsp3) is 0.310. The summed E-state index contributed by atoms with van der Waals surface area (Å²) in [6.07, 6.45) is -3.93. The molecule has 3 aromatic rings. The number of benzene rings is 3. The van der Waals surface area contributed by atoms with Gasteiger partial charge in [-0.1, -0.05) is 71.8 Å². The molecule has 0 bridgehead atoms. The Labute approximate surface area is 243 Å². The highest BCUT2D eigenvalue weighted by molar-refractivity contribution is 7.92. The van der Waals surface area contributed by atoms with Crippen molar-refractivity contribution in [3.8, 4) is 0 Å². The van der Waals surface area contributed by atoms with Crippen molar-refractivity contribution >= 4 is 39.1 Å². The number of anilines is 1. The molecule has 0 aliphatic rings. The van der Waals surface area contributed by atoms with E-state index in [1.54, 1.807) is 43.3 Å². The van der Waals surface area contributed by atoms with Gasteiger partial charge >= 0.3 is 6.18 Å². The molecule has 7 nitrogen and oxygen atoms in total. The third-order valence-electron chi connectivity index (χ3n) is 6.28. The number of carbonyl (C=O) groups is 2. The Bertz CT molecular complexity index is 1480. The van der Waals surface area contributed by atoms with Gasteiger partial charge in [0.15, 0.2) is 0 Å². The Morgan fingerprint density at radius 1 is 0.976 bits per heavy atom. The number of hydrogen-bond acceptors (Lipinski definition) is 4. The van der Waals surface area contributed by atoms with Crippen LogP contribution in [0.2, 0.25) is 5.02 Å². The number of hydrogen-bond donors (Lipinski definition) is 1. The third kappa shape index (κ3) is 8.71. The smallest absolute Gasteiger partial charge is 0.355 e. The summed E-state index contributed by atoms with van der Waals surface area (Å²) in [4.78, 5) is 28.5. The summed E-state index contributed by atoms with van der Waals surface area (Å²) in [7, 11) is -4.24. The quantitative estimate of drug-likeness (QED) is 0.323. The molecule has 0 fully saturated rings. The molecule has 2 amide bonds. The minimum Gasteiger partial charge on any atom is -0.355 e. The van der Waals surface area contributed by atoms with Gasteiger partial charge in [0.1, 0.15) is 12.6 Å². The highest BCUT2D eigenvalue weighted by Gasteiger charge is 2.36. The van der Waals surface area contributed by atoms with Gasteiger partial charge < -0.3 is 10.2 Å². The average molecular weight is 610 g/mol. The molecular weight excluding hydrogens is 579 g/mol. The summed E-state index contributed by atoms with van der Waals surface area (Å²) >= 11 is 5.73. The lowest BCUT2D eigenvalue weighted by molar-refractivity contribution is -0.140. The zero-order valence-electron chi connectivity index (χ0n) is 22.8. The molecule has 0 aliphatic carbocycles. The third-order valence-corrected chi connectivity index (χ3v) is 7.75. The lowest BCUT2D eigenvalue weighted by Gasteiger charge is -2.33. The van der Waals surface area contributed by atoms with Gasteiger partial charge in [0.2, 0.25) is 21.8 Å². The van der Waals surface area contributed by atoms with Crippen LogP contribution in [0.5, 0.6) is 0 Å². The normalized spacial score (nSPS) is 12.5. The van der Waals surface area contributed by atoms with Crippen molar-refractivity contribution in [1.82, 2.24) is 10.2 Å². The van der Waals surface area contributed by atoms with Crippen molar-refractivity contribution in [3.05, 3.63) is 100 Å². The largest absolute Gasteiger partial charge is 0.417 e. The van der Waals surface area contributed by atoms with Crippen molar-refractivity contribution in [2.75, 3.05) is 23.7 Å². The summed E-state index contributed by atoms with van der Waals surface area (Å²) in [6.45, 7) is 3.01. The minimum absolute atomic E-state index is 0.0405. The Hall–Kier alpha value is -3.57. The van der Waals surface area contributed by atoms with E-state index < -0.39 is 51.2 Å². The fourth-order valence-electron chi connectivity index (χ4n) is 4.35. The zero-order chi connectivity index (χ0) is 30.4. The van der Waals surface area contributed by atoms with Crippen molar-refractivity contribution in [1.29, 1.82) is 0 Å². The molecule has 0 saturated heterocycles. The minimum atomic E-state index is -4.85. The van der Waals surface area contributed by atoms with Gasteiger partial charge in [-0.15, -0.1) is 0 Å². The lowest BCUT2D eigenvalue weighted by atomic mass is 10.0. The van der Waals surface area contributed by atoms with Crippen molar-refractivity contribution < 1.29 is 31.2 Å². The van der Waals surface area contributed by atoms with Crippen molar-refractivity contribution in [3.63, 3.8) is 0 Å². The summed E-state index contributed by atoms with van der Waals surface area (Å²) < 4.78 is 66.8. The van der Waals surface area contributed by atoms with E-state index in [0.29, 0.717) is 15.9 Å². The number of aryl methyl sites for hydroxylation is 1. The predicted octanol–water partition coefficient (Wildman–Crippen LogP) is 5.21. The van der Waals surface area contributed by atoms with E-state index in [4.69, 9.17) is 11.6 Å². The maximum absolute atomic E-state index is 13.9. The molecule has 1 atom stereocenters. The van der Waals surface area contributed by atoms with Crippen LogP contribution in [-0.4, -0.2) is 50.5 Å². The van der Waals surface area contributed by atoms with E-state index in [9.17, 15) is 31.2 Å².